The van der Waals surface area contributed by atoms with Gasteiger partial charge in [0.2, 0.25) is 5.91 Å². The van der Waals surface area contributed by atoms with Crippen LogP contribution in [0.25, 0.3) is 11.1 Å². The summed E-state index contributed by atoms with van der Waals surface area (Å²) < 4.78 is 0. The molecule has 2 unspecified atom stereocenters. The van der Waals surface area contributed by atoms with Gasteiger partial charge in [0.1, 0.15) is 0 Å². The van der Waals surface area contributed by atoms with E-state index < -0.39 is 0 Å². The van der Waals surface area contributed by atoms with Gasteiger partial charge in [0.25, 0.3) is 0 Å². The molecule has 0 bridgehead atoms. The Labute approximate surface area is 162 Å². The molecule has 1 saturated carbocycles. The predicted molar refractivity (Wildman–Crippen MR) is 111 cm³/mol. The first-order chi connectivity index (χ1) is 13.2. The van der Waals surface area contributed by atoms with Crippen LogP contribution in [-0.4, -0.2) is 36.5 Å². The molecule has 2 aromatic carbocycles. The first kappa shape index (κ1) is 18.2. The molecule has 0 spiro atoms. The Morgan fingerprint density at radius 1 is 1.04 bits per heavy atom. The lowest BCUT2D eigenvalue weighted by atomic mass is 9.96. The Bertz CT molecular complexity index is 752. The van der Waals surface area contributed by atoms with Crippen molar-refractivity contribution in [2.45, 2.75) is 44.6 Å². The van der Waals surface area contributed by atoms with E-state index >= 15 is 0 Å². The molecule has 2 aromatic rings. The van der Waals surface area contributed by atoms with Crippen molar-refractivity contribution in [3.63, 3.8) is 0 Å². The molecule has 0 aromatic heterocycles. The van der Waals surface area contributed by atoms with Crippen molar-refractivity contribution < 1.29 is 4.79 Å². The molecule has 1 N–H and O–H groups in total. The van der Waals surface area contributed by atoms with E-state index in [2.05, 4.69) is 58.7 Å². The van der Waals surface area contributed by atoms with Crippen molar-refractivity contribution in [3.8, 4) is 11.1 Å². The van der Waals surface area contributed by atoms with Crippen molar-refractivity contribution in [1.29, 1.82) is 0 Å². The van der Waals surface area contributed by atoms with E-state index in [0.717, 1.165) is 24.4 Å². The molecule has 142 valence electrons. The van der Waals surface area contributed by atoms with Gasteiger partial charge in [0.15, 0.2) is 0 Å². The van der Waals surface area contributed by atoms with Crippen molar-refractivity contribution in [2.75, 3.05) is 19.6 Å². The molecule has 1 saturated heterocycles. The van der Waals surface area contributed by atoms with Gasteiger partial charge in [-0.3, -0.25) is 4.79 Å². The molecular weight excluding hydrogens is 332 g/mol. The Balaban J connectivity index is 1.34. The third-order valence-electron chi connectivity index (χ3n) is 5.98. The lowest BCUT2D eigenvalue weighted by Gasteiger charge is -2.33. The fraction of sp³-hybridized carbons (Fsp3) is 0.458. The van der Waals surface area contributed by atoms with Crippen molar-refractivity contribution in [2.24, 2.45) is 5.92 Å². The highest BCUT2D eigenvalue weighted by molar-refractivity contribution is 5.83. The summed E-state index contributed by atoms with van der Waals surface area (Å²) in [6, 6.07) is 19.1. The summed E-state index contributed by atoms with van der Waals surface area (Å²) in [4.78, 5) is 15.3. The molecule has 3 nitrogen and oxygen atoms in total. The van der Waals surface area contributed by atoms with Gasteiger partial charge in [-0.05, 0) is 61.8 Å². The molecule has 3 heteroatoms. The zero-order valence-corrected chi connectivity index (χ0v) is 16.2. The lowest BCUT2D eigenvalue weighted by molar-refractivity contribution is -0.123. The monoisotopic (exact) mass is 362 g/mol. The SMILES string of the molecule is CC(C(=O)NC1CCCN(CC2CC2)C1)c1ccc(-c2ccccc2)cc1. The minimum Gasteiger partial charge on any atom is -0.352 e. The summed E-state index contributed by atoms with van der Waals surface area (Å²) in [6.07, 6.45) is 5.08. The number of amides is 1. The topological polar surface area (TPSA) is 32.3 Å². The molecule has 1 amide bonds. The average Bonchev–Trinajstić information content (AvgIpc) is 3.52. The van der Waals surface area contributed by atoms with Crippen LogP contribution in [0.5, 0.6) is 0 Å². The molecule has 2 aliphatic rings. The fourth-order valence-corrected chi connectivity index (χ4v) is 4.08. The number of carbonyl (C=O) groups excluding carboxylic acids is 1. The Hall–Kier alpha value is -2.13. The highest BCUT2D eigenvalue weighted by Crippen LogP contribution is 2.30. The quantitative estimate of drug-likeness (QED) is 0.823. The highest BCUT2D eigenvalue weighted by Gasteiger charge is 2.28. The first-order valence-corrected chi connectivity index (χ1v) is 10.4. The third kappa shape index (κ3) is 4.78. The van der Waals surface area contributed by atoms with Crippen molar-refractivity contribution in [1.82, 2.24) is 10.2 Å². The number of hydrogen-bond acceptors (Lipinski definition) is 2. The molecule has 1 aliphatic carbocycles. The van der Waals surface area contributed by atoms with Crippen molar-refractivity contribution in [3.05, 3.63) is 60.2 Å². The molecular formula is C24H30N2O. The number of nitrogens with zero attached hydrogens (tertiary/aromatic N) is 1. The second-order valence-electron chi connectivity index (χ2n) is 8.26. The molecule has 4 rings (SSSR count). The summed E-state index contributed by atoms with van der Waals surface area (Å²) in [7, 11) is 0. The van der Waals surface area contributed by atoms with Crippen LogP contribution in [0.4, 0.5) is 0 Å². The maximum Gasteiger partial charge on any atom is 0.227 e. The number of rotatable bonds is 6. The van der Waals surface area contributed by atoms with Crippen LogP contribution in [-0.2, 0) is 4.79 Å². The molecule has 2 atom stereocenters. The molecule has 1 heterocycles. The maximum atomic E-state index is 12.8. The Morgan fingerprint density at radius 3 is 2.44 bits per heavy atom. The number of piperidine rings is 1. The average molecular weight is 363 g/mol. The van der Waals surface area contributed by atoms with E-state index in [1.807, 2.05) is 13.0 Å². The second kappa shape index (κ2) is 8.26. The van der Waals surface area contributed by atoms with Gasteiger partial charge in [0, 0.05) is 19.1 Å². The van der Waals surface area contributed by atoms with E-state index in [9.17, 15) is 4.79 Å². The normalized spacial score (nSPS) is 21.6. The van der Waals surface area contributed by atoms with E-state index in [1.54, 1.807) is 0 Å². The van der Waals surface area contributed by atoms with Gasteiger partial charge in [-0.25, -0.2) is 0 Å². The number of hydrogen-bond donors (Lipinski definition) is 1. The van der Waals surface area contributed by atoms with Crippen LogP contribution in [0.15, 0.2) is 54.6 Å². The summed E-state index contributed by atoms with van der Waals surface area (Å²) in [6.45, 7) is 5.45. The van der Waals surface area contributed by atoms with Gasteiger partial charge in [-0.2, -0.15) is 0 Å². The molecule has 2 fully saturated rings. The zero-order valence-electron chi connectivity index (χ0n) is 16.2. The second-order valence-corrected chi connectivity index (χ2v) is 8.26. The molecule has 1 aliphatic heterocycles. The molecule has 0 radical (unpaired) electrons. The van der Waals surface area contributed by atoms with Crippen molar-refractivity contribution >= 4 is 5.91 Å². The van der Waals surface area contributed by atoms with Gasteiger partial charge < -0.3 is 10.2 Å². The van der Waals surface area contributed by atoms with Gasteiger partial charge >= 0.3 is 0 Å². The summed E-state index contributed by atoms with van der Waals surface area (Å²) in [5, 5.41) is 3.31. The lowest BCUT2D eigenvalue weighted by Crippen LogP contribution is -2.49. The smallest absolute Gasteiger partial charge is 0.227 e. The zero-order chi connectivity index (χ0) is 18.6. The van der Waals surface area contributed by atoms with Crippen LogP contribution >= 0.6 is 0 Å². The fourth-order valence-electron chi connectivity index (χ4n) is 4.08. The summed E-state index contributed by atoms with van der Waals surface area (Å²) in [5.41, 5.74) is 3.48. The minimum atomic E-state index is -0.117. The van der Waals surface area contributed by atoms with Gasteiger partial charge in [0.05, 0.1) is 5.92 Å². The number of nitrogens with one attached hydrogen (secondary N) is 1. The molecule has 27 heavy (non-hydrogen) atoms. The predicted octanol–water partition coefficient (Wildman–Crippen LogP) is 4.45. The highest BCUT2D eigenvalue weighted by atomic mass is 16.1. The van der Waals surface area contributed by atoms with Crippen LogP contribution in [0.2, 0.25) is 0 Å². The summed E-state index contributed by atoms with van der Waals surface area (Å²) >= 11 is 0. The largest absolute Gasteiger partial charge is 0.352 e. The maximum absolute atomic E-state index is 12.8. The number of benzene rings is 2. The third-order valence-corrected chi connectivity index (χ3v) is 5.98. The number of likely N-dealkylation sites (tertiary alicyclic amines) is 1. The minimum absolute atomic E-state index is 0.117. The van der Waals surface area contributed by atoms with Gasteiger partial charge in [-0.15, -0.1) is 0 Å². The van der Waals surface area contributed by atoms with E-state index in [-0.39, 0.29) is 11.8 Å². The van der Waals surface area contributed by atoms with Crippen LogP contribution in [0, 0.1) is 5.92 Å². The van der Waals surface area contributed by atoms with Crippen LogP contribution < -0.4 is 5.32 Å². The van der Waals surface area contributed by atoms with Crippen LogP contribution in [0.3, 0.4) is 0 Å². The Kier molecular flexibility index (Phi) is 5.58. The standard InChI is InChI=1S/C24H30N2O/c1-18(20-11-13-22(14-12-20)21-6-3-2-4-7-21)24(27)25-23-8-5-15-26(17-23)16-19-9-10-19/h2-4,6-7,11-14,18-19,23H,5,8-10,15-17H2,1H3,(H,25,27). The first-order valence-electron chi connectivity index (χ1n) is 10.4. The Morgan fingerprint density at radius 2 is 1.74 bits per heavy atom. The van der Waals surface area contributed by atoms with Gasteiger partial charge in [-0.1, -0.05) is 54.6 Å². The number of carbonyl (C=O) groups is 1. The van der Waals surface area contributed by atoms with Crippen LogP contribution in [0.1, 0.15) is 44.1 Å². The van der Waals surface area contributed by atoms with E-state index in [0.29, 0.717) is 6.04 Å². The van der Waals surface area contributed by atoms with E-state index in [1.165, 1.54) is 43.5 Å². The summed E-state index contributed by atoms with van der Waals surface area (Å²) in [5.74, 6) is 0.955. The van der Waals surface area contributed by atoms with E-state index in [4.69, 9.17) is 0 Å².